The normalized spacial score (nSPS) is 13.6. The SMILES string of the molecule is CCOCCNCCC(=O)Nc1sc2c(c1-c1nc3ccccc3s1)CCN(C(=O)OC(C)(C)C)C2. The topological polar surface area (TPSA) is 92.8 Å². The van der Waals surface area contributed by atoms with Crippen molar-refractivity contribution in [2.24, 2.45) is 0 Å². The highest BCUT2D eigenvalue weighted by atomic mass is 32.1. The van der Waals surface area contributed by atoms with E-state index in [0.717, 1.165) is 36.2 Å². The van der Waals surface area contributed by atoms with E-state index in [1.165, 1.54) is 11.3 Å². The van der Waals surface area contributed by atoms with Gasteiger partial charge in [-0.1, -0.05) is 12.1 Å². The summed E-state index contributed by atoms with van der Waals surface area (Å²) in [6.45, 7) is 11.2. The second kappa shape index (κ2) is 11.7. The van der Waals surface area contributed by atoms with Crippen LogP contribution in [0.5, 0.6) is 0 Å². The molecule has 8 nitrogen and oxygen atoms in total. The summed E-state index contributed by atoms with van der Waals surface area (Å²) < 4.78 is 12.0. The number of benzene rings is 1. The summed E-state index contributed by atoms with van der Waals surface area (Å²) in [6, 6.07) is 8.05. The molecule has 10 heteroatoms. The van der Waals surface area contributed by atoms with Crippen LogP contribution in [0, 0.1) is 0 Å². The molecule has 0 bridgehead atoms. The van der Waals surface area contributed by atoms with Gasteiger partial charge in [-0.3, -0.25) is 4.79 Å². The van der Waals surface area contributed by atoms with Crippen molar-refractivity contribution in [1.82, 2.24) is 15.2 Å². The van der Waals surface area contributed by atoms with Crippen LogP contribution in [0.4, 0.5) is 9.80 Å². The smallest absolute Gasteiger partial charge is 0.410 e. The molecule has 0 saturated heterocycles. The average Bonchev–Trinajstić information content (AvgIpc) is 3.40. The predicted octanol–water partition coefficient (Wildman–Crippen LogP) is 5.27. The number of para-hydroxylation sites is 1. The zero-order chi connectivity index (χ0) is 25.7. The highest BCUT2D eigenvalue weighted by Gasteiger charge is 2.31. The summed E-state index contributed by atoms with van der Waals surface area (Å²) in [5, 5.41) is 8.06. The molecule has 1 aromatic carbocycles. The maximum Gasteiger partial charge on any atom is 0.410 e. The maximum absolute atomic E-state index is 12.8. The fraction of sp³-hybridized carbons (Fsp3) is 0.500. The molecule has 0 unspecified atom stereocenters. The Balaban J connectivity index is 1.55. The molecule has 1 aliphatic rings. The predicted molar refractivity (Wildman–Crippen MR) is 146 cm³/mol. The number of nitrogens with zero attached hydrogens (tertiary/aromatic N) is 2. The molecule has 1 aliphatic heterocycles. The number of aromatic nitrogens is 1. The molecule has 2 N–H and O–H groups in total. The Kier molecular flexibility index (Phi) is 8.61. The van der Waals surface area contributed by atoms with Crippen LogP contribution in [0.25, 0.3) is 20.8 Å². The third-order valence-electron chi connectivity index (χ3n) is 5.63. The lowest BCUT2D eigenvalue weighted by Gasteiger charge is -2.30. The number of hydrogen-bond acceptors (Lipinski definition) is 8. The maximum atomic E-state index is 12.8. The average molecular weight is 531 g/mol. The molecule has 0 fully saturated rings. The molecule has 4 rings (SSSR count). The van der Waals surface area contributed by atoms with Crippen molar-refractivity contribution in [3.8, 4) is 10.6 Å². The Bertz CT molecular complexity index is 1180. The molecule has 2 amide bonds. The lowest BCUT2D eigenvalue weighted by molar-refractivity contribution is -0.116. The number of carbonyl (C=O) groups is 2. The van der Waals surface area contributed by atoms with Gasteiger partial charge < -0.3 is 25.0 Å². The molecule has 3 heterocycles. The van der Waals surface area contributed by atoms with Gasteiger partial charge in [-0.15, -0.1) is 22.7 Å². The van der Waals surface area contributed by atoms with Crippen molar-refractivity contribution in [1.29, 1.82) is 0 Å². The van der Waals surface area contributed by atoms with Crippen molar-refractivity contribution >= 4 is 49.9 Å². The largest absolute Gasteiger partial charge is 0.444 e. The van der Waals surface area contributed by atoms with Crippen LogP contribution in [0.3, 0.4) is 0 Å². The molecule has 2 aromatic heterocycles. The lowest BCUT2D eigenvalue weighted by atomic mass is 10.0. The van der Waals surface area contributed by atoms with E-state index in [9.17, 15) is 9.59 Å². The van der Waals surface area contributed by atoms with E-state index < -0.39 is 5.60 Å². The van der Waals surface area contributed by atoms with Crippen LogP contribution in [-0.2, 0) is 27.2 Å². The Labute approximate surface area is 220 Å². The third kappa shape index (κ3) is 6.61. The number of thiazole rings is 1. The van der Waals surface area contributed by atoms with Gasteiger partial charge in [-0.25, -0.2) is 9.78 Å². The fourth-order valence-corrected chi connectivity index (χ4v) is 6.37. The monoisotopic (exact) mass is 530 g/mol. The van der Waals surface area contributed by atoms with Gasteiger partial charge in [0, 0.05) is 43.1 Å². The minimum atomic E-state index is -0.547. The number of anilines is 1. The van der Waals surface area contributed by atoms with Crippen LogP contribution >= 0.6 is 22.7 Å². The molecule has 3 aromatic rings. The summed E-state index contributed by atoms with van der Waals surface area (Å²) in [6.07, 6.45) is 0.732. The van der Waals surface area contributed by atoms with Gasteiger partial charge in [0.2, 0.25) is 5.91 Å². The van der Waals surface area contributed by atoms with Crippen LogP contribution in [0.2, 0.25) is 0 Å². The minimum Gasteiger partial charge on any atom is -0.444 e. The van der Waals surface area contributed by atoms with Crippen molar-refractivity contribution in [2.45, 2.75) is 52.7 Å². The first-order valence-corrected chi connectivity index (χ1v) is 13.9. The van der Waals surface area contributed by atoms with E-state index in [4.69, 9.17) is 14.5 Å². The van der Waals surface area contributed by atoms with Crippen molar-refractivity contribution in [3.05, 3.63) is 34.7 Å². The number of rotatable bonds is 9. The first-order chi connectivity index (χ1) is 17.2. The molecule has 0 spiro atoms. The number of carbonyl (C=O) groups excluding carboxylic acids is 2. The highest BCUT2D eigenvalue weighted by Crippen LogP contribution is 2.45. The number of fused-ring (bicyclic) bond motifs is 2. The van der Waals surface area contributed by atoms with Gasteiger partial charge in [0.25, 0.3) is 0 Å². The molecular formula is C26H34N4O4S2. The van der Waals surface area contributed by atoms with Crippen LogP contribution in [0.1, 0.15) is 44.6 Å². The van der Waals surface area contributed by atoms with E-state index in [2.05, 4.69) is 16.7 Å². The molecular weight excluding hydrogens is 496 g/mol. The van der Waals surface area contributed by atoms with Gasteiger partial charge in [0.1, 0.15) is 15.6 Å². The molecule has 0 radical (unpaired) electrons. The van der Waals surface area contributed by atoms with E-state index in [-0.39, 0.29) is 12.0 Å². The number of ether oxygens (including phenoxy) is 2. The van der Waals surface area contributed by atoms with Crippen molar-refractivity contribution in [3.63, 3.8) is 0 Å². The quantitative estimate of drug-likeness (QED) is 0.366. The second-order valence-electron chi connectivity index (χ2n) is 9.59. The van der Waals surface area contributed by atoms with Gasteiger partial charge >= 0.3 is 6.09 Å². The summed E-state index contributed by atoms with van der Waals surface area (Å²) in [4.78, 5) is 33.2. The summed E-state index contributed by atoms with van der Waals surface area (Å²) >= 11 is 3.16. The van der Waals surface area contributed by atoms with Crippen LogP contribution in [-0.4, -0.2) is 60.3 Å². The first kappa shape index (κ1) is 26.5. The summed E-state index contributed by atoms with van der Waals surface area (Å²) in [5.74, 6) is -0.0520. The first-order valence-electron chi connectivity index (χ1n) is 12.3. The lowest BCUT2D eigenvalue weighted by Crippen LogP contribution is -2.39. The van der Waals surface area contributed by atoms with Gasteiger partial charge in [0.05, 0.1) is 23.4 Å². The number of nitrogens with one attached hydrogen (secondary N) is 2. The van der Waals surface area contributed by atoms with Gasteiger partial charge in [-0.05, 0) is 51.8 Å². The highest BCUT2D eigenvalue weighted by molar-refractivity contribution is 7.22. The Hall–Kier alpha value is -2.53. The van der Waals surface area contributed by atoms with E-state index in [0.29, 0.717) is 52.2 Å². The zero-order valence-corrected chi connectivity index (χ0v) is 22.9. The molecule has 0 aliphatic carbocycles. The number of hydrogen-bond donors (Lipinski definition) is 2. The van der Waals surface area contributed by atoms with Crippen LogP contribution in [0.15, 0.2) is 24.3 Å². The molecule has 0 saturated carbocycles. The number of amides is 2. The standard InChI is InChI=1S/C26H34N4O4S2/c1-5-33-15-13-27-12-10-21(31)29-24-22(23-28-18-8-6-7-9-19(18)35-23)17-11-14-30(16-20(17)36-24)25(32)34-26(2,3)4/h6-9,27H,5,10-16H2,1-4H3,(H,29,31). The molecule has 194 valence electrons. The van der Waals surface area contributed by atoms with Crippen molar-refractivity contribution < 1.29 is 19.1 Å². The Morgan fingerprint density at radius 3 is 2.72 bits per heavy atom. The molecule has 0 atom stereocenters. The van der Waals surface area contributed by atoms with E-state index in [1.54, 1.807) is 16.2 Å². The van der Waals surface area contributed by atoms with E-state index >= 15 is 0 Å². The van der Waals surface area contributed by atoms with Gasteiger partial charge in [-0.2, -0.15) is 0 Å². The number of thiophene rings is 1. The summed E-state index contributed by atoms with van der Waals surface area (Å²) in [5.41, 5.74) is 2.54. The van der Waals surface area contributed by atoms with E-state index in [1.807, 2.05) is 45.9 Å². The zero-order valence-electron chi connectivity index (χ0n) is 21.3. The van der Waals surface area contributed by atoms with Gasteiger partial charge in [0.15, 0.2) is 0 Å². The summed E-state index contributed by atoms with van der Waals surface area (Å²) in [7, 11) is 0. The fourth-order valence-electron chi connectivity index (χ4n) is 3.98. The Morgan fingerprint density at radius 1 is 1.17 bits per heavy atom. The van der Waals surface area contributed by atoms with Crippen LogP contribution < -0.4 is 10.6 Å². The Morgan fingerprint density at radius 2 is 1.97 bits per heavy atom. The third-order valence-corrected chi connectivity index (χ3v) is 7.81. The van der Waals surface area contributed by atoms with Crippen molar-refractivity contribution in [2.75, 3.05) is 38.2 Å². The molecule has 36 heavy (non-hydrogen) atoms. The second-order valence-corrected chi connectivity index (χ2v) is 11.7. The minimum absolute atomic E-state index is 0.0520.